The molecule has 0 amide bonds. The summed E-state index contributed by atoms with van der Waals surface area (Å²) in [5, 5.41) is 3.42. The van der Waals surface area contributed by atoms with Gasteiger partial charge in [-0.2, -0.15) is 0 Å². The normalized spacial score (nSPS) is 22.4. The number of piperazine rings is 1. The zero-order valence-corrected chi connectivity index (χ0v) is 13.5. The van der Waals surface area contributed by atoms with E-state index in [4.69, 9.17) is 0 Å². The maximum atomic E-state index is 14.0. The Hall–Kier alpha value is -0.970. The first kappa shape index (κ1) is 16.4. The Balaban J connectivity index is 1.93. The van der Waals surface area contributed by atoms with Crippen molar-refractivity contribution in [3.05, 3.63) is 35.6 Å². The molecule has 2 unspecified atom stereocenters. The fraction of sp³-hybridized carbons (Fsp3) is 0.647. The van der Waals surface area contributed by atoms with E-state index in [9.17, 15) is 4.39 Å². The van der Waals surface area contributed by atoms with E-state index in [1.807, 2.05) is 12.1 Å². The average Bonchev–Trinajstić information content (AvgIpc) is 2.48. The zero-order chi connectivity index (χ0) is 15.2. The van der Waals surface area contributed by atoms with Gasteiger partial charge in [-0.15, -0.1) is 0 Å². The summed E-state index contributed by atoms with van der Waals surface area (Å²) < 4.78 is 14.0. The molecule has 1 N–H and O–H groups in total. The van der Waals surface area contributed by atoms with Crippen LogP contribution in [0.15, 0.2) is 24.3 Å². The van der Waals surface area contributed by atoms with Crippen molar-refractivity contribution in [1.29, 1.82) is 0 Å². The van der Waals surface area contributed by atoms with Crippen molar-refractivity contribution in [2.75, 3.05) is 39.8 Å². The van der Waals surface area contributed by atoms with Crippen molar-refractivity contribution in [1.82, 2.24) is 15.1 Å². The van der Waals surface area contributed by atoms with Gasteiger partial charge in [-0.3, -0.25) is 0 Å². The van der Waals surface area contributed by atoms with Crippen LogP contribution in [0.2, 0.25) is 0 Å². The maximum Gasteiger partial charge on any atom is 0.127 e. The van der Waals surface area contributed by atoms with Crippen molar-refractivity contribution in [3.63, 3.8) is 0 Å². The van der Waals surface area contributed by atoms with Crippen molar-refractivity contribution >= 4 is 0 Å². The van der Waals surface area contributed by atoms with E-state index in [-0.39, 0.29) is 11.9 Å². The number of hydrogen-bond acceptors (Lipinski definition) is 3. The van der Waals surface area contributed by atoms with Gasteiger partial charge in [-0.05, 0) is 33.0 Å². The van der Waals surface area contributed by atoms with Gasteiger partial charge in [0.25, 0.3) is 0 Å². The van der Waals surface area contributed by atoms with Crippen LogP contribution in [0.3, 0.4) is 0 Å². The van der Waals surface area contributed by atoms with Gasteiger partial charge in [0, 0.05) is 43.8 Å². The van der Waals surface area contributed by atoms with Gasteiger partial charge < -0.3 is 15.1 Å². The summed E-state index contributed by atoms with van der Waals surface area (Å²) in [4.78, 5) is 4.89. The van der Waals surface area contributed by atoms with Crippen LogP contribution < -0.4 is 5.32 Å². The predicted molar refractivity (Wildman–Crippen MR) is 86.0 cm³/mol. The zero-order valence-electron chi connectivity index (χ0n) is 13.5. The highest BCUT2D eigenvalue weighted by Crippen LogP contribution is 2.21. The molecule has 1 saturated heterocycles. The maximum absolute atomic E-state index is 14.0. The largest absolute Gasteiger partial charge is 0.310 e. The van der Waals surface area contributed by atoms with Crippen LogP contribution in [0.25, 0.3) is 0 Å². The molecule has 0 aliphatic carbocycles. The molecule has 4 heteroatoms. The first-order valence-electron chi connectivity index (χ1n) is 8.02. The SMILES string of the molecule is CCNC(CCN1CCN(C)C(C)C1)c1ccccc1F. The van der Waals surface area contributed by atoms with E-state index in [0.717, 1.165) is 44.7 Å². The Morgan fingerprint density at radius 2 is 2.10 bits per heavy atom. The minimum atomic E-state index is -0.102. The highest BCUT2D eigenvalue weighted by molar-refractivity contribution is 5.21. The molecule has 118 valence electrons. The molecular weight excluding hydrogens is 265 g/mol. The van der Waals surface area contributed by atoms with E-state index in [1.54, 1.807) is 12.1 Å². The lowest BCUT2D eigenvalue weighted by Gasteiger charge is -2.38. The summed E-state index contributed by atoms with van der Waals surface area (Å²) >= 11 is 0. The second kappa shape index (κ2) is 7.87. The smallest absolute Gasteiger partial charge is 0.127 e. The molecule has 21 heavy (non-hydrogen) atoms. The lowest BCUT2D eigenvalue weighted by atomic mass is 10.0. The topological polar surface area (TPSA) is 18.5 Å². The fourth-order valence-corrected chi connectivity index (χ4v) is 3.01. The van der Waals surface area contributed by atoms with E-state index in [0.29, 0.717) is 6.04 Å². The second-order valence-corrected chi connectivity index (χ2v) is 6.05. The first-order chi connectivity index (χ1) is 10.1. The average molecular weight is 293 g/mol. The van der Waals surface area contributed by atoms with Crippen LogP contribution in [-0.2, 0) is 0 Å². The summed E-state index contributed by atoms with van der Waals surface area (Å²) in [6.07, 6.45) is 0.950. The fourth-order valence-electron chi connectivity index (χ4n) is 3.01. The quantitative estimate of drug-likeness (QED) is 0.869. The van der Waals surface area contributed by atoms with Crippen LogP contribution in [0, 0.1) is 5.82 Å². The molecule has 1 aliphatic rings. The molecule has 0 bridgehead atoms. The van der Waals surface area contributed by atoms with Gasteiger partial charge >= 0.3 is 0 Å². The molecule has 2 rings (SSSR count). The summed E-state index contributed by atoms with van der Waals surface area (Å²) in [5.74, 6) is -0.102. The second-order valence-electron chi connectivity index (χ2n) is 6.05. The Labute approximate surface area is 128 Å². The molecule has 0 aromatic heterocycles. The molecule has 1 aromatic rings. The molecular formula is C17H28FN3. The van der Waals surface area contributed by atoms with Crippen molar-refractivity contribution in [2.24, 2.45) is 0 Å². The van der Waals surface area contributed by atoms with E-state index < -0.39 is 0 Å². The molecule has 1 fully saturated rings. The Morgan fingerprint density at radius 1 is 1.33 bits per heavy atom. The minimum absolute atomic E-state index is 0.102. The molecule has 0 saturated carbocycles. The van der Waals surface area contributed by atoms with Crippen molar-refractivity contribution < 1.29 is 4.39 Å². The predicted octanol–water partition coefficient (Wildman–Crippen LogP) is 2.50. The van der Waals surface area contributed by atoms with Gasteiger partial charge in [0.05, 0.1) is 0 Å². The summed E-state index contributed by atoms with van der Waals surface area (Å²) in [6.45, 7) is 9.55. The van der Waals surface area contributed by atoms with Crippen molar-refractivity contribution in [3.8, 4) is 0 Å². The summed E-state index contributed by atoms with van der Waals surface area (Å²) in [7, 11) is 2.18. The third-order valence-electron chi connectivity index (χ3n) is 4.51. The van der Waals surface area contributed by atoms with E-state index in [2.05, 4.69) is 36.0 Å². The van der Waals surface area contributed by atoms with Gasteiger partial charge in [0.15, 0.2) is 0 Å². The summed E-state index contributed by atoms with van der Waals surface area (Å²) in [5.41, 5.74) is 0.793. The Morgan fingerprint density at radius 3 is 2.76 bits per heavy atom. The third-order valence-corrected chi connectivity index (χ3v) is 4.51. The number of hydrogen-bond donors (Lipinski definition) is 1. The highest BCUT2D eigenvalue weighted by Gasteiger charge is 2.22. The Kier molecular flexibility index (Phi) is 6.15. The Bertz CT molecular complexity index is 438. The molecule has 0 radical (unpaired) electrons. The van der Waals surface area contributed by atoms with Crippen LogP contribution >= 0.6 is 0 Å². The number of nitrogens with one attached hydrogen (secondary N) is 1. The molecule has 0 spiro atoms. The van der Waals surface area contributed by atoms with E-state index in [1.165, 1.54) is 0 Å². The number of benzene rings is 1. The minimum Gasteiger partial charge on any atom is -0.310 e. The van der Waals surface area contributed by atoms with Crippen LogP contribution in [-0.4, -0.2) is 55.6 Å². The molecule has 1 heterocycles. The van der Waals surface area contributed by atoms with Gasteiger partial charge in [0.1, 0.15) is 5.82 Å². The molecule has 1 aromatic carbocycles. The monoisotopic (exact) mass is 293 g/mol. The van der Waals surface area contributed by atoms with Crippen LogP contribution in [0.1, 0.15) is 31.9 Å². The molecule has 1 aliphatic heterocycles. The summed E-state index contributed by atoms with van der Waals surface area (Å²) in [6, 6.07) is 7.83. The number of nitrogens with zero attached hydrogens (tertiary/aromatic N) is 2. The van der Waals surface area contributed by atoms with Gasteiger partial charge in [0.2, 0.25) is 0 Å². The number of likely N-dealkylation sites (N-methyl/N-ethyl adjacent to an activating group) is 1. The van der Waals surface area contributed by atoms with Gasteiger partial charge in [-0.1, -0.05) is 25.1 Å². The van der Waals surface area contributed by atoms with Crippen LogP contribution in [0.4, 0.5) is 4.39 Å². The van der Waals surface area contributed by atoms with Crippen LogP contribution in [0.5, 0.6) is 0 Å². The first-order valence-corrected chi connectivity index (χ1v) is 8.02. The molecule has 2 atom stereocenters. The van der Waals surface area contributed by atoms with E-state index >= 15 is 0 Å². The van der Waals surface area contributed by atoms with Crippen molar-refractivity contribution in [2.45, 2.75) is 32.4 Å². The number of halogens is 1. The van der Waals surface area contributed by atoms with Gasteiger partial charge in [-0.25, -0.2) is 4.39 Å². The lowest BCUT2D eigenvalue weighted by Crippen LogP contribution is -2.50. The lowest BCUT2D eigenvalue weighted by molar-refractivity contribution is 0.102. The molecule has 3 nitrogen and oxygen atoms in total. The highest BCUT2D eigenvalue weighted by atomic mass is 19.1. The number of rotatable bonds is 6. The standard InChI is InChI=1S/C17H28FN3/c1-4-19-17(15-7-5-6-8-16(15)18)9-10-21-12-11-20(3)14(2)13-21/h5-8,14,17,19H,4,9-13H2,1-3H3. The third kappa shape index (κ3) is 4.50.